The topological polar surface area (TPSA) is 26.3 Å². The second-order valence-corrected chi connectivity index (χ2v) is 3.76. The van der Waals surface area contributed by atoms with Gasteiger partial charge in [0.1, 0.15) is 0 Å². The fourth-order valence-corrected chi connectivity index (χ4v) is 2.14. The average molecular weight is 178 g/mol. The van der Waals surface area contributed by atoms with Crippen molar-refractivity contribution in [3.05, 3.63) is 24.3 Å². The van der Waals surface area contributed by atoms with Crippen LogP contribution >= 0.6 is 0 Å². The summed E-state index contributed by atoms with van der Waals surface area (Å²) in [5, 5.41) is 0. The predicted octanol–water partition coefficient (Wildman–Crippen LogP) is 1.93. The third kappa shape index (κ3) is 1.67. The number of rotatable bonds is 2. The molecule has 2 aliphatic carbocycles. The molecule has 0 aromatic rings. The molecule has 2 rings (SSSR count). The number of ether oxygens (including phenoxy) is 1. The molecular weight excluding hydrogens is 164 g/mol. The maximum atomic E-state index is 10.7. The second kappa shape index (κ2) is 3.36. The van der Waals surface area contributed by atoms with Gasteiger partial charge in [0.05, 0.1) is 6.61 Å². The van der Waals surface area contributed by atoms with Crippen molar-refractivity contribution in [3.8, 4) is 0 Å². The van der Waals surface area contributed by atoms with Crippen molar-refractivity contribution in [1.82, 2.24) is 0 Å². The number of carbonyl (C=O) groups excluding carboxylic acids is 1. The smallest absolute Gasteiger partial charge is 0.302 e. The molecule has 0 amide bonds. The van der Waals surface area contributed by atoms with Gasteiger partial charge in [-0.15, -0.1) is 0 Å². The van der Waals surface area contributed by atoms with Gasteiger partial charge in [-0.2, -0.15) is 0 Å². The van der Waals surface area contributed by atoms with Gasteiger partial charge in [-0.05, 0) is 12.3 Å². The highest BCUT2D eigenvalue weighted by atomic mass is 16.5. The van der Waals surface area contributed by atoms with Crippen LogP contribution in [0.5, 0.6) is 0 Å². The van der Waals surface area contributed by atoms with Gasteiger partial charge in [0, 0.05) is 18.8 Å². The summed E-state index contributed by atoms with van der Waals surface area (Å²) in [6.45, 7) is 2.04. The number of carbonyl (C=O) groups is 1. The molecule has 0 unspecified atom stereocenters. The standard InChI is InChI=1S/C11H14O2/c1-8(12)13-7-11-9-3-2-4-10(11)6-5-9/h2-3,5-6,9-11H,4,7H2,1H3/t9-,10-,11+/m0/s1. The first-order chi connectivity index (χ1) is 6.27. The monoisotopic (exact) mass is 178 g/mol. The molecule has 0 saturated heterocycles. The number of fused-ring (bicyclic) bond motifs is 2. The van der Waals surface area contributed by atoms with Gasteiger partial charge in [-0.3, -0.25) is 4.79 Å². The highest BCUT2D eigenvalue weighted by molar-refractivity contribution is 5.65. The first-order valence-corrected chi connectivity index (χ1v) is 4.76. The minimum absolute atomic E-state index is 0.172. The number of esters is 1. The van der Waals surface area contributed by atoms with Crippen LogP contribution in [-0.4, -0.2) is 12.6 Å². The Morgan fingerprint density at radius 3 is 3.00 bits per heavy atom. The van der Waals surface area contributed by atoms with Gasteiger partial charge in [-0.1, -0.05) is 24.3 Å². The number of allylic oxidation sites excluding steroid dienone is 4. The van der Waals surface area contributed by atoms with Gasteiger partial charge >= 0.3 is 5.97 Å². The Labute approximate surface area is 78.3 Å². The molecule has 0 heterocycles. The summed E-state index contributed by atoms with van der Waals surface area (Å²) < 4.78 is 5.05. The van der Waals surface area contributed by atoms with Crippen LogP contribution in [0.1, 0.15) is 13.3 Å². The fourth-order valence-electron chi connectivity index (χ4n) is 2.14. The Morgan fingerprint density at radius 2 is 2.31 bits per heavy atom. The van der Waals surface area contributed by atoms with Gasteiger partial charge in [0.2, 0.25) is 0 Å². The van der Waals surface area contributed by atoms with E-state index in [4.69, 9.17) is 4.74 Å². The first-order valence-electron chi connectivity index (χ1n) is 4.76. The van der Waals surface area contributed by atoms with Crippen LogP contribution in [0.3, 0.4) is 0 Å². The van der Waals surface area contributed by atoms with Crippen LogP contribution in [0.15, 0.2) is 24.3 Å². The molecule has 2 nitrogen and oxygen atoms in total. The van der Waals surface area contributed by atoms with E-state index in [2.05, 4.69) is 24.3 Å². The highest BCUT2D eigenvalue weighted by Gasteiger charge is 2.32. The van der Waals surface area contributed by atoms with Crippen LogP contribution in [-0.2, 0) is 9.53 Å². The lowest BCUT2D eigenvalue weighted by Crippen LogP contribution is -2.24. The maximum absolute atomic E-state index is 10.7. The van der Waals surface area contributed by atoms with Gasteiger partial charge in [0.15, 0.2) is 0 Å². The van der Waals surface area contributed by atoms with E-state index >= 15 is 0 Å². The zero-order chi connectivity index (χ0) is 9.26. The molecule has 0 saturated carbocycles. The highest BCUT2D eigenvalue weighted by Crippen LogP contribution is 2.38. The van der Waals surface area contributed by atoms with Crippen molar-refractivity contribution in [2.24, 2.45) is 17.8 Å². The van der Waals surface area contributed by atoms with E-state index in [9.17, 15) is 4.79 Å². The lowest BCUT2D eigenvalue weighted by molar-refractivity contribution is -0.142. The van der Waals surface area contributed by atoms with Crippen molar-refractivity contribution in [3.63, 3.8) is 0 Å². The largest absolute Gasteiger partial charge is 0.466 e. The average Bonchev–Trinajstić information content (AvgIpc) is 2.34. The van der Waals surface area contributed by atoms with Gasteiger partial charge in [-0.25, -0.2) is 0 Å². The Balaban J connectivity index is 1.95. The summed E-state index contributed by atoms with van der Waals surface area (Å²) >= 11 is 0. The Morgan fingerprint density at radius 1 is 1.46 bits per heavy atom. The Hall–Kier alpha value is -1.05. The molecular formula is C11H14O2. The van der Waals surface area contributed by atoms with Gasteiger partial charge in [0.25, 0.3) is 0 Å². The van der Waals surface area contributed by atoms with Crippen molar-refractivity contribution in [2.45, 2.75) is 13.3 Å². The van der Waals surface area contributed by atoms with Crippen LogP contribution in [0.25, 0.3) is 0 Å². The summed E-state index contributed by atoms with van der Waals surface area (Å²) in [6.07, 6.45) is 10.0. The first kappa shape index (κ1) is 8.54. The molecule has 0 fully saturated rings. The summed E-state index contributed by atoms with van der Waals surface area (Å²) in [6, 6.07) is 0. The fraction of sp³-hybridized carbons (Fsp3) is 0.545. The Kier molecular flexibility index (Phi) is 2.21. The molecule has 2 bridgehead atoms. The number of hydrogen-bond acceptors (Lipinski definition) is 2. The summed E-state index contributed by atoms with van der Waals surface area (Å²) in [7, 11) is 0. The third-order valence-corrected chi connectivity index (χ3v) is 2.87. The lowest BCUT2D eigenvalue weighted by Gasteiger charge is -2.25. The van der Waals surface area contributed by atoms with Crippen LogP contribution in [0, 0.1) is 17.8 Å². The quantitative estimate of drug-likeness (QED) is 0.477. The molecule has 3 atom stereocenters. The molecule has 0 aromatic carbocycles. The zero-order valence-corrected chi connectivity index (χ0v) is 7.77. The van der Waals surface area contributed by atoms with Crippen molar-refractivity contribution >= 4 is 5.97 Å². The molecule has 13 heavy (non-hydrogen) atoms. The zero-order valence-electron chi connectivity index (χ0n) is 7.77. The van der Waals surface area contributed by atoms with E-state index < -0.39 is 0 Å². The van der Waals surface area contributed by atoms with Crippen LogP contribution < -0.4 is 0 Å². The minimum Gasteiger partial charge on any atom is -0.466 e. The second-order valence-electron chi connectivity index (χ2n) is 3.76. The SMILES string of the molecule is CC(=O)OC[C@@H]1[C@H]2C=CC[C@H]1C=C2. The minimum atomic E-state index is -0.172. The number of hydrogen-bond donors (Lipinski definition) is 0. The summed E-state index contributed by atoms with van der Waals surface area (Å²) in [4.78, 5) is 10.7. The molecule has 2 aliphatic rings. The maximum Gasteiger partial charge on any atom is 0.302 e. The molecule has 0 radical (unpaired) electrons. The third-order valence-electron chi connectivity index (χ3n) is 2.87. The predicted molar refractivity (Wildman–Crippen MR) is 50.0 cm³/mol. The summed E-state index contributed by atoms with van der Waals surface area (Å²) in [5.74, 6) is 1.41. The molecule has 0 aromatic heterocycles. The molecule has 0 aliphatic heterocycles. The molecule has 0 N–H and O–H groups in total. The Bertz CT molecular complexity index is 263. The van der Waals surface area contributed by atoms with Crippen LogP contribution in [0.2, 0.25) is 0 Å². The van der Waals surface area contributed by atoms with E-state index in [0.717, 1.165) is 6.42 Å². The van der Waals surface area contributed by atoms with Crippen molar-refractivity contribution in [1.29, 1.82) is 0 Å². The molecule has 70 valence electrons. The molecule has 0 spiro atoms. The van der Waals surface area contributed by atoms with Crippen molar-refractivity contribution in [2.75, 3.05) is 6.61 Å². The van der Waals surface area contributed by atoms with E-state index in [1.807, 2.05) is 0 Å². The van der Waals surface area contributed by atoms with E-state index in [1.165, 1.54) is 6.92 Å². The summed E-state index contributed by atoms with van der Waals surface area (Å²) in [5.41, 5.74) is 0. The van der Waals surface area contributed by atoms with E-state index in [-0.39, 0.29) is 5.97 Å². The normalized spacial score (nSPS) is 35.0. The van der Waals surface area contributed by atoms with Crippen molar-refractivity contribution < 1.29 is 9.53 Å². The van der Waals surface area contributed by atoms with E-state index in [0.29, 0.717) is 24.4 Å². The molecule has 2 heteroatoms. The van der Waals surface area contributed by atoms with Gasteiger partial charge < -0.3 is 4.74 Å². The van der Waals surface area contributed by atoms with E-state index in [1.54, 1.807) is 0 Å². The lowest BCUT2D eigenvalue weighted by atomic mass is 9.82. The van der Waals surface area contributed by atoms with Crippen LogP contribution in [0.4, 0.5) is 0 Å².